The summed E-state index contributed by atoms with van der Waals surface area (Å²) < 4.78 is 26.8. The Morgan fingerprint density at radius 1 is 0.456 bits per heavy atom. The van der Waals surface area contributed by atoms with Crippen molar-refractivity contribution in [3.8, 4) is 35.1 Å². The van der Waals surface area contributed by atoms with Crippen molar-refractivity contribution in [2.45, 2.75) is 104 Å². The van der Waals surface area contributed by atoms with Gasteiger partial charge in [0.2, 0.25) is 0 Å². The van der Waals surface area contributed by atoms with E-state index in [-0.39, 0.29) is 10.8 Å². The zero-order valence-corrected chi connectivity index (χ0v) is 40.2. The van der Waals surface area contributed by atoms with Crippen LogP contribution >= 0.6 is 0 Å². The van der Waals surface area contributed by atoms with Crippen molar-refractivity contribution in [2.24, 2.45) is 0 Å². The van der Waals surface area contributed by atoms with Crippen molar-refractivity contribution < 1.29 is 18.3 Å². The predicted molar refractivity (Wildman–Crippen MR) is 273 cm³/mol. The molecule has 0 spiro atoms. The second kappa shape index (κ2) is 13.9. The molecule has 0 saturated heterocycles. The minimum absolute atomic E-state index is 0.169. The molecule has 7 aromatic carbocycles. The third-order valence-corrected chi connectivity index (χ3v) is 14.8. The fourth-order valence-electron chi connectivity index (χ4n) is 11.0. The molecule has 2 aromatic heterocycles. The van der Waals surface area contributed by atoms with E-state index in [0.29, 0.717) is 56.7 Å². The highest BCUT2D eigenvalue weighted by molar-refractivity contribution is 6.10. The lowest BCUT2D eigenvalue weighted by molar-refractivity contribution is 0.333. The molecule has 0 bridgehead atoms. The summed E-state index contributed by atoms with van der Waals surface area (Å²) in [5.74, 6) is 2.53. The highest BCUT2D eigenvalue weighted by atomic mass is 16.5. The van der Waals surface area contributed by atoms with Gasteiger partial charge in [-0.3, -0.25) is 0 Å². The number of para-hydroxylation sites is 2. The highest BCUT2D eigenvalue weighted by Gasteiger charge is 2.48. The first-order chi connectivity index (χ1) is 32.4. The van der Waals surface area contributed by atoms with E-state index in [9.17, 15) is 10.5 Å². The number of benzene rings is 7. The van der Waals surface area contributed by atoms with Crippen molar-refractivity contribution >= 4 is 78.0 Å². The number of furan rings is 2. The van der Waals surface area contributed by atoms with Crippen molar-refractivity contribution in [3.63, 3.8) is 0 Å². The molecule has 0 fully saturated rings. The topological polar surface area (TPSA) is 98.8 Å². The molecule has 0 atom stereocenters. The zero-order valence-electron chi connectivity index (χ0n) is 40.2. The molecule has 3 aliphatic rings. The van der Waals surface area contributed by atoms with Gasteiger partial charge in [0.05, 0.1) is 45.3 Å². The van der Waals surface area contributed by atoms with Crippen molar-refractivity contribution in [1.82, 2.24) is 0 Å². The number of hydrogen-bond acceptors (Lipinski definition) is 8. The van der Waals surface area contributed by atoms with E-state index in [4.69, 9.17) is 18.3 Å². The average Bonchev–Trinajstić information content (AvgIpc) is 3.85. The lowest BCUT2D eigenvalue weighted by Gasteiger charge is -2.48. The summed E-state index contributed by atoms with van der Waals surface area (Å²) in [4.78, 5) is 4.43. The first-order valence-electron chi connectivity index (χ1n) is 23.6. The van der Waals surface area contributed by atoms with Gasteiger partial charge >= 0.3 is 0 Å². The van der Waals surface area contributed by atoms with Gasteiger partial charge in [-0.1, -0.05) is 118 Å². The molecule has 8 nitrogen and oxygen atoms in total. The van der Waals surface area contributed by atoms with E-state index in [0.717, 1.165) is 90.6 Å². The first-order valence-corrected chi connectivity index (χ1v) is 23.6. The Bertz CT molecular complexity index is 3520. The Labute approximate surface area is 396 Å². The average molecular weight is 893 g/mol. The molecule has 68 heavy (non-hydrogen) atoms. The lowest BCUT2D eigenvalue weighted by atomic mass is 9.60. The number of hydrogen-bond donors (Lipinski definition) is 0. The zero-order chi connectivity index (χ0) is 47.4. The largest absolute Gasteiger partial charge is 0.456 e. The van der Waals surface area contributed by atoms with Gasteiger partial charge in [0.25, 0.3) is 0 Å². The molecule has 336 valence electrons. The van der Waals surface area contributed by atoms with Crippen LogP contribution in [-0.2, 0) is 21.7 Å². The number of nitriles is 2. The van der Waals surface area contributed by atoms with Gasteiger partial charge in [0.15, 0.2) is 23.0 Å². The van der Waals surface area contributed by atoms with E-state index in [2.05, 4.69) is 152 Å². The Morgan fingerprint density at radius 2 is 0.838 bits per heavy atom. The van der Waals surface area contributed by atoms with E-state index < -0.39 is 10.8 Å². The summed E-state index contributed by atoms with van der Waals surface area (Å²) in [5, 5.41) is 27.7. The van der Waals surface area contributed by atoms with Crippen LogP contribution in [0, 0.1) is 22.7 Å². The fraction of sp³-hybridized carbons (Fsp3) is 0.267. The van der Waals surface area contributed by atoms with Gasteiger partial charge < -0.3 is 28.1 Å². The smallest absolute Gasteiger partial charge is 0.155 e. The molecular formula is C60H52N4O4. The molecule has 9 aromatic rings. The molecule has 0 N–H and O–H groups in total. The third-order valence-electron chi connectivity index (χ3n) is 14.8. The Kier molecular flexibility index (Phi) is 8.55. The van der Waals surface area contributed by atoms with E-state index in [1.54, 1.807) is 0 Å². The van der Waals surface area contributed by atoms with E-state index in [1.807, 2.05) is 48.5 Å². The standard InChI is InChI=1S/C60H52N4O4/c1-57(2,3)33-19-21-41-49(25-33)67-51-29-47-37(35-15-11-13-17-45(35)65-47)27-43(51)63(41)55-39(31-61)40(32-62)56(54-53(55)59(7,8)23-24-60(54,9)10)64-42-22-20-34(58(4,5)6)26-50(42)68-52-30-48-38(28-44(52)64)36-16-12-14-18-46(36)66-48/h11-22,25-30H,23-24H2,1-10H3. The van der Waals surface area contributed by atoms with Crippen LogP contribution in [0.4, 0.5) is 34.1 Å². The van der Waals surface area contributed by atoms with Crippen LogP contribution < -0.4 is 19.3 Å². The molecule has 0 saturated carbocycles. The van der Waals surface area contributed by atoms with Crippen LogP contribution in [0.15, 0.2) is 118 Å². The van der Waals surface area contributed by atoms with Crippen LogP contribution in [0.2, 0.25) is 0 Å². The van der Waals surface area contributed by atoms with Crippen LogP contribution in [0.1, 0.15) is 115 Å². The molecule has 12 rings (SSSR count). The molecule has 1 aliphatic carbocycles. The maximum atomic E-state index is 11.9. The van der Waals surface area contributed by atoms with Crippen LogP contribution in [0.25, 0.3) is 43.9 Å². The summed E-state index contributed by atoms with van der Waals surface area (Å²) in [5.41, 5.74) is 11.0. The molecular weight excluding hydrogens is 841 g/mol. The monoisotopic (exact) mass is 892 g/mol. The maximum absolute atomic E-state index is 11.9. The van der Waals surface area contributed by atoms with Gasteiger partial charge in [0, 0.05) is 33.7 Å². The van der Waals surface area contributed by atoms with Gasteiger partial charge in [-0.05, 0) is 105 Å². The summed E-state index contributed by atoms with van der Waals surface area (Å²) in [6.07, 6.45) is 1.70. The van der Waals surface area contributed by atoms with E-state index in [1.165, 1.54) is 0 Å². The normalized spacial score (nSPS) is 15.8. The van der Waals surface area contributed by atoms with Crippen LogP contribution in [-0.4, -0.2) is 0 Å². The molecule has 2 aliphatic heterocycles. The molecule has 8 heteroatoms. The molecule has 4 heterocycles. The number of anilines is 6. The SMILES string of the molecule is CC(C)(C)c1ccc2c(c1)Oc1cc3oc4ccccc4c3cc1N2c1c(C#N)c(C#N)c(N2c3ccc(C(C)(C)C)cc3Oc3cc4oc5ccccc5c4cc32)c2c1C(C)(C)CCC2(C)C. The molecule has 0 radical (unpaired) electrons. The van der Waals surface area contributed by atoms with Crippen molar-refractivity contribution in [1.29, 1.82) is 10.5 Å². The van der Waals surface area contributed by atoms with Gasteiger partial charge in [0.1, 0.15) is 34.5 Å². The second-order valence-corrected chi connectivity index (χ2v) is 22.3. The van der Waals surface area contributed by atoms with Crippen LogP contribution in [0.3, 0.4) is 0 Å². The summed E-state index contributed by atoms with van der Waals surface area (Å²) in [7, 11) is 0. The van der Waals surface area contributed by atoms with Crippen LogP contribution in [0.5, 0.6) is 23.0 Å². The number of ether oxygens (including phenoxy) is 2. The summed E-state index contributed by atoms with van der Waals surface area (Å²) in [6, 6.07) is 42.5. The first kappa shape index (κ1) is 41.7. The second-order valence-electron chi connectivity index (χ2n) is 22.3. The Hall–Kier alpha value is -7.68. The predicted octanol–water partition coefficient (Wildman–Crippen LogP) is 17.3. The van der Waals surface area contributed by atoms with E-state index >= 15 is 0 Å². The fourth-order valence-corrected chi connectivity index (χ4v) is 11.0. The van der Waals surface area contributed by atoms with Gasteiger partial charge in [-0.25, -0.2) is 0 Å². The van der Waals surface area contributed by atoms with Crippen molar-refractivity contribution in [3.05, 3.63) is 143 Å². The summed E-state index contributed by atoms with van der Waals surface area (Å²) >= 11 is 0. The molecule has 0 unspecified atom stereocenters. The number of nitrogens with zero attached hydrogens (tertiary/aromatic N) is 4. The minimum atomic E-state index is -0.469. The van der Waals surface area contributed by atoms with Gasteiger partial charge in [-0.15, -0.1) is 0 Å². The highest BCUT2D eigenvalue weighted by Crippen LogP contribution is 2.64. The van der Waals surface area contributed by atoms with Gasteiger partial charge in [-0.2, -0.15) is 10.5 Å². The van der Waals surface area contributed by atoms with Crippen molar-refractivity contribution in [2.75, 3.05) is 9.80 Å². The summed E-state index contributed by atoms with van der Waals surface area (Å²) in [6.45, 7) is 22.3. The number of rotatable bonds is 2. The maximum Gasteiger partial charge on any atom is 0.155 e. The third kappa shape index (κ3) is 5.96. The minimum Gasteiger partial charge on any atom is -0.456 e. The number of fused-ring (bicyclic) bond motifs is 11. The lowest BCUT2D eigenvalue weighted by Crippen LogP contribution is -2.38. The Balaban J connectivity index is 1.23. The Morgan fingerprint density at radius 3 is 1.22 bits per heavy atom. The molecule has 0 amide bonds. The quantitative estimate of drug-likeness (QED) is 0.169.